The number of aromatic hydroxyl groups is 2. The number of nitrogens with two attached hydrogens (primary N) is 1. The van der Waals surface area contributed by atoms with E-state index in [-0.39, 0.29) is 49.0 Å². The number of aliphatic hydroxyl groups is 5. The summed E-state index contributed by atoms with van der Waals surface area (Å²) in [4.78, 5) is 48.6. The van der Waals surface area contributed by atoms with Crippen LogP contribution in [0.1, 0.15) is 66.7 Å². The van der Waals surface area contributed by atoms with Crippen molar-refractivity contribution < 1.29 is 64.7 Å². The molecule has 318 valence electrons. The first-order valence-electron chi connectivity index (χ1n) is 19.7. The van der Waals surface area contributed by atoms with E-state index in [2.05, 4.69) is 9.98 Å². The van der Waals surface area contributed by atoms with Crippen LogP contribution in [0.5, 0.6) is 17.2 Å². The number of phenols is 2. The molecule has 3 heterocycles. The van der Waals surface area contributed by atoms with E-state index in [4.69, 9.17) is 15.2 Å². The predicted molar refractivity (Wildman–Crippen MR) is 216 cm³/mol. The first-order valence-corrected chi connectivity index (χ1v) is 19.7. The Morgan fingerprint density at radius 1 is 1.00 bits per heavy atom. The third-order valence-electron chi connectivity index (χ3n) is 12.1. The number of benzene rings is 3. The number of ether oxygens (including phenoxy) is 2. The minimum atomic E-state index is -3.13. The highest BCUT2D eigenvalue weighted by molar-refractivity contribution is 6.43. The molecule has 7 rings (SSSR count). The van der Waals surface area contributed by atoms with Crippen LogP contribution in [0.2, 0.25) is 0 Å². The van der Waals surface area contributed by atoms with Gasteiger partial charge in [-0.15, -0.1) is 0 Å². The van der Waals surface area contributed by atoms with E-state index < -0.39 is 77.7 Å². The summed E-state index contributed by atoms with van der Waals surface area (Å²) >= 11 is 0. The molecule has 2 fully saturated rings. The highest BCUT2D eigenvalue weighted by Crippen LogP contribution is 2.54. The van der Waals surface area contributed by atoms with Crippen LogP contribution in [0.3, 0.4) is 0 Å². The molecule has 0 spiro atoms. The molecule has 3 aliphatic heterocycles. The SMILES string of the molecule is N[C@H]1CCC[C@]1(C[C@@H]1c2cc(O)c(O[C@]3(O)O[C@H](CO)[C@@H](O)[C@H](O)[C@H]3O)cc2N(C(=O)/C=C/c2ccc(O)c(CC3=NCN=C3CCC=O)c2)[C@H]1C(=O)O)c1ccccc1. The van der Waals surface area contributed by atoms with E-state index in [0.29, 0.717) is 41.8 Å². The topological polar surface area (TPSA) is 285 Å². The molecule has 3 aromatic carbocycles. The predicted octanol–water partition coefficient (Wildman–Crippen LogP) is 1.41. The molecule has 0 aromatic heterocycles. The van der Waals surface area contributed by atoms with E-state index in [0.717, 1.165) is 35.3 Å². The maximum absolute atomic E-state index is 14.5. The van der Waals surface area contributed by atoms with Crippen LogP contribution in [0, 0.1) is 0 Å². The van der Waals surface area contributed by atoms with Crippen molar-refractivity contribution in [3.8, 4) is 17.2 Å². The van der Waals surface area contributed by atoms with Gasteiger partial charge in [0.15, 0.2) is 17.6 Å². The van der Waals surface area contributed by atoms with Crippen molar-refractivity contribution >= 4 is 41.3 Å². The Kier molecular flexibility index (Phi) is 12.2. The van der Waals surface area contributed by atoms with Gasteiger partial charge in [-0.05, 0) is 66.6 Å². The van der Waals surface area contributed by atoms with Crippen LogP contribution in [-0.4, -0.2) is 126 Å². The van der Waals surface area contributed by atoms with Crippen LogP contribution >= 0.6 is 0 Å². The summed E-state index contributed by atoms with van der Waals surface area (Å²) in [5.74, 6) is -7.51. The van der Waals surface area contributed by atoms with Gasteiger partial charge in [0.2, 0.25) is 0 Å². The van der Waals surface area contributed by atoms with E-state index in [1.165, 1.54) is 18.2 Å². The van der Waals surface area contributed by atoms with Gasteiger partial charge in [0.1, 0.15) is 43.1 Å². The maximum Gasteiger partial charge on any atom is 0.355 e. The molecule has 0 unspecified atom stereocenters. The number of anilines is 1. The van der Waals surface area contributed by atoms with Gasteiger partial charge in [-0.3, -0.25) is 19.7 Å². The van der Waals surface area contributed by atoms with Crippen LogP contribution in [0.15, 0.2) is 76.7 Å². The molecule has 4 aliphatic rings. The number of aldehydes is 1. The number of nitrogens with zero attached hydrogens (tertiary/aromatic N) is 3. The Labute approximate surface area is 344 Å². The number of carboxylic acids is 1. The van der Waals surface area contributed by atoms with Gasteiger partial charge >= 0.3 is 11.9 Å². The molecule has 0 radical (unpaired) electrons. The zero-order valence-corrected chi connectivity index (χ0v) is 32.4. The lowest BCUT2D eigenvalue weighted by molar-refractivity contribution is -0.422. The summed E-state index contributed by atoms with van der Waals surface area (Å²) in [6, 6.07) is 14.5. The minimum Gasteiger partial charge on any atom is -0.508 e. The van der Waals surface area contributed by atoms with Gasteiger partial charge in [0.05, 0.1) is 23.7 Å². The number of aliphatic imine (C=N–C) groups is 2. The van der Waals surface area contributed by atoms with Crippen molar-refractivity contribution in [3.63, 3.8) is 0 Å². The van der Waals surface area contributed by atoms with Gasteiger partial charge < -0.3 is 60.9 Å². The lowest BCUT2D eigenvalue weighted by Crippen LogP contribution is -2.67. The van der Waals surface area contributed by atoms with E-state index in [1.807, 2.05) is 30.3 Å². The number of fused-ring (bicyclic) bond motifs is 1. The first-order chi connectivity index (χ1) is 28.7. The minimum absolute atomic E-state index is 0.0226. The fourth-order valence-corrected chi connectivity index (χ4v) is 9.02. The number of amides is 1. The lowest BCUT2D eigenvalue weighted by Gasteiger charge is -2.44. The van der Waals surface area contributed by atoms with Gasteiger partial charge in [0, 0.05) is 47.9 Å². The molecule has 1 saturated carbocycles. The smallest absolute Gasteiger partial charge is 0.355 e. The average Bonchev–Trinajstić information content (AvgIpc) is 3.93. The molecule has 0 bridgehead atoms. The van der Waals surface area contributed by atoms with Crippen LogP contribution < -0.4 is 15.4 Å². The number of rotatable bonds is 14. The number of aliphatic carboxylic acids is 1. The summed E-state index contributed by atoms with van der Waals surface area (Å²) in [7, 11) is 0. The van der Waals surface area contributed by atoms with Crippen LogP contribution in [0.4, 0.5) is 5.69 Å². The zero-order chi connectivity index (χ0) is 42.9. The molecule has 60 heavy (non-hydrogen) atoms. The van der Waals surface area contributed by atoms with Crippen LogP contribution in [-0.2, 0) is 31.0 Å². The third kappa shape index (κ3) is 7.92. The molecule has 17 nitrogen and oxygen atoms in total. The van der Waals surface area contributed by atoms with Crippen molar-refractivity contribution in [1.82, 2.24) is 0 Å². The Bertz CT molecular complexity index is 2210. The Hall–Kier alpha value is -5.53. The van der Waals surface area contributed by atoms with Crippen LogP contribution in [0.25, 0.3) is 6.08 Å². The normalized spacial score (nSPS) is 30.0. The third-order valence-corrected chi connectivity index (χ3v) is 12.1. The molecule has 1 saturated heterocycles. The van der Waals surface area contributed by atoms with Gasteiger partial charge in [-0.2, -0.15) is 0 Å². The molecular formula is C43H48N4O13. The highest BCUT2D eigenvalue weighted by Gasteiger charge is 2.56. The molecule has 9 atom stereocenters. The molecule has 1 aliphatic carbocycles. The van der Waals surface area contributed by atoms with Gasteiger partial charge in [-0.1, -0.05) is 42.8 Å². The highest BCUT2D eigenvalue weighted by atomic mass is 16.8. The molecule has 1 amide bonds. The fourth-order valence-electron chi connectivity index (χ4n) is 9.02. The summed E-state index contributed by atoms with van der Waals surface area (Å²) in [5.41, 5.74) is 9.48. The lowest BCUT2D eigenvalue weighted by atomic mass is 9.68. The molecule has 10 N–H and O–H groups in total. The quantitative estimate of drug-likeness (QED) is 0.0631. The van der Waals surface area contributed by atoms with Crippen molar-refractivity contribution in [2.24, 2.45) is 15.7 Å². The first kappa shape index (κ1) is 42.6. The molecule has 3 aromatic rings. The second kappa shape index (κ2) is 17.2. The molecule has 17 heteroatoms. The zero-order valence-electron chi connectivity index (χ0n) is 32.4. The Morgan fingerprint density at radius 2 is 1.75 bits per heavy atom. The van der Waals surface area contributed by atoms with Crippen molar-refractivity contribution in [2.45, 2.75) is 98.8 Å². The summed E-state index contributed by atoms with van der Waals surface area (Å²) < 4.78 is 10.8. The second-order valence-electron chi connectivity index (χ2n) is 15.7. The van der Waals surface area contributed by atoms with Gasteiger partial charge in [-0.25, -0.2) is 4.79 Å². The van der Waals surface area contributed by atoms with Crippen molar-refractivity contribution in [2.75, 3.05) is 18.2 Å². The standard InChI is InChI=1S/C43H48N4O13/c44-35-9-4-14-42(35,25-6-2-1-3-7-25)20-27-26-18-32(51)33(59-43(58)40(55)39(54)38(53)34(21-49)60-43)19-30(26)47(37(27)41(56)57)36(52)13-11-23-10-12-31(50)24(16-23)17-29-28(8-5-15-48)45-22-46-29/h1-3,6-7,10-13,15-16,18-19,27,34-35,37-40,49-51,53-55,58H,4-5,8-9,14,17,20-22,44H2,(H,56,57)/b13-11+/t27-,34-,35+,37-,38-,39+,40-,42+,43+/m1/s1. The summed E-state index contributed by atoms with van der Waals surface area (Å²) in [6.45, 7) is -0.686. The maximum atomic E-state index is 14.5. The Morgan fingerprint density at radius 3 is 2.43 bits per heavy atom. The largest absolute Gasteiger partial charge is 0.508 e. The number of hydrogen-bond donors (Lipinski definition) is 9. The second-order valence-corrected chi connectivity index (χ2v) is 15.7. The van der Waals surface area contributed by atoms with E-state index >= 15 is 0 Å². The van der Waals surface area contributed by atoms with E-state index in [1.54, 1.807) is 12.1 Å². The number of phenolic OH excluding ortho intramolecular Hbond substituents is 2. The number of carbonyl (C=O) groups excluding carboxylic acids is 2. The number of carbonyl (C=O) groups is 3. The average molecular weight is 829 g/mol. The van der Waals surface area contributed by atoms with Crippen molar-refractivity contribution in [1.29, 1.82) is 0 Å². The van der Waals surface area contributed by atoms with E-state index in [9.17, 15) is 55.2 Å². The van der Waals surface area contributed by atoms with Crippen molar-refractivity contribution in [3.05, 3.63) is 89.0 Å². The fraction of sp³-hybridized carbons (Fsp3) is 0.419. The monoisotopic (exact) mass is 828 g/mol. The summed E-state index contributed by atoms with van der Waals surface area (Å²) in [6.07, 6.45) is -1.32. The van der Waals surface area contributed by atoms with Gasteiger partial charge in [0.25, 0.3) is 5.91 Å². The molecular weight excluding hydrogens is 780 g/mol. The number of aliphatic hydroxyl groups excluding tert-OH is 4. The summed E-state index contributed by atoms with van der Waals surface area (Å²) in [5, 5.41) is 85.4. The Balaban J connectivity index is 1.27. The number of hydrogen-bond acceptors (Lipinski definition) is 15. The number of carboxylic acid groups (broad SMARTS) is 1.